The summed E-state index contributed by atoms with van der Waals surface area (Å²) in [7, 11) is 0. The summed E-state index contributed by atoms with van der Waals surface area (Å²) < 4.78 is 0. The average molecular weight is 288 g/mol. The minimum atomic E-state index is -0.719. The number of H-pyrrole nitrogens is 2. The first-order valence-corrected chi connectivity index (χ1v) is 6.82. The monoisotopic (exact) mass is 288 g/mol. The maximum Gasteiger partial charge on any atom is 0.314 e. The third-order valence-electron chi connectivity index (χ3n) is 4.16. The molecule has 1 aliphatic carbocycles. The number of carbonyl (C=O) groups excluding carboxylic acids is 1. The lowest BCUT2D eigenvalue weighted by Crippen LogP contribution is -2.47. The minimum absolute atomic E-state index is 0.0950. The lowest BCUT2D eigenvalue weighted by Gasteiger charge is -2.39. The van der Waals surface area contributed by atoms with Crippen LogP contribution in [0.2, 0.25) is 0 Å². The van der Waals surface area contributed by atoms with E-state index in [1.807, 2.05) is 0 Å². The Morgan fingerprint density at radius 3 is 2.43 bits per heavy atom. The van der Waals surface area contributed by atoms with E-state index in [1.165, 1.54) is 0 Å². The van der Waals surface area contributed by atoms with Crippen molar-refractivity contribution in [2.75, 3.05) is 11.9 Å². The molecule has 0 saturated heterocycles. The van der Waals surface area contributed by atoms with Gasteiger partial charge in [-0.15, -0.1) is 0 Å². The van der Waals surface area contributed by atoms with E-state index >= 15 is 0 Å². The molecule has 0 unspecified atom stereocenters. The van der Waals surface area contributed by atoms with Crippen molar-refractivity contribution >= 4 is 22.6 Å². The molecule has 0 aliphatic heterocycles. The number of carbonyl (C=O) groups is 1. The molecule has 110 valence electrons. The standard InChI is InChI=1S/C14H16N4O3/c15-7-14(4-1-5-14)13(21)16-8-2-3-9-10(6-8)18-12(20)11(19)17-9/h2-3,6H,1,4-5,7,15H2,(H,16,21)(H,17,19)(H,18,20). The van der Waals surface area contributed by atoms with Crippen LogP contribution in [0.4, 0.5) is 5.69 Å². The molecule has 21 heavy (non-hydrogen) atoms. The summed E-state index contributed by atoms with van der Waals surface area (Å²) in [6.45, 7) is 0.330. The second kappa shape index (κ2) is 4.85. The Morgan fingerprint density at radius 2 is 1.86 bits per heavy atom. The van der Waals surface area contributed by atoms with Gasteiger partial charge in [0.15, 0.2) is 0 Å². The molecule has 7 heteroatoms. The Morgan fingerprint density at radius 1 is 1.19 bits per heavy atom. The molecule has 1 aromatic heterocycles. The normalized spacial score (nSPS) is 16.4. The number of amides is 1. The molecule has 1 heterocycles. The van der Waals surface area contributed by atoms with Gasteiger partial charge in [0.25, 0.3) is 0 Å². The van der Waals surface area contributed by atoms with Crippen molar-refractivity contribution in [1.82, 2.24) is 9.97 Å². The van der Waals surface area contributed by atoms with Crippen LogP contribution in [0.1, 0.15) is 19.3 Å². The minimum Gasteiger partial charge on any atom is -0.329 e. The van der Waals surface area contributed by atoms with Gasteiger partial charge in [-0.2, -0.15) is 0 Å². The molecule has 1 aromatic carbocycles. The summed E-state index contributed by atoms with van der Waals surface area (Å²) >= 11 is 0. The molecule has 1 fully saturated rings. The fourth-order valence-electron chi connectivity index (χ4n) is 2.58. The third-order valence-corrected chi connectivity index (χ3v) is 4.16. The molecule has 2 aromatic rings. The van der Waals surface area contributed by atoms with Crippen molar-refractivity contribution in [3.63, 3.8) is 0 Å². The maximum absolute atomic E-state index is 12.3. The first-order chi connectivity index (χ1) is 10.0. The van der Waals surface area contributed by atoms with Crippen LogP contribution in [-0.2, 0) is 4.79 Å². The predicted molar refractivity (Wildman–Crippen MR) is 79.2 cm³/mol. The third kappa shape index (κ3) is 2.25. The highest BCUT2D eigenvalue weighted by Crippen LogP contribution is 2.40. The van der Waals surface area contributed by atoms with Gasteiger partial charge in [-0.05, 0) is 31.0 Å². The SMILES string of the molecule is NCC1(C(=O)Nc2ccc3[nH]c(=O)c(=O)[nH]c3c2)CCC1. The van der Waals surface area contributed by atoms with E-state index in [9.17, 15) is 14.4 Å². The van der Waals surface area contributed by atoms with Crippen LogP contribution in [0.15, 0.2) is 27.8 Å². The fourth-order valence-corrected chi connectivity index (χ4v) is 2.58. The van der Waals surface area contributed by atoms with Gasteiger partial charge in [-0.1, -0.05) is 6.42 Å². The van der Waals surface area contributed by atoms with Crippen molar-refractivity contribution < 1.29 is 4.79 Å². The zero-order valence-electron chi connectivity index (χ0n) is 11.4. The molecule has 0 bridgehead atoms. The molecule has 1 amide bonds. The summed E-state index contributed by atoms with van der Waals surface area (Å²) in [5.74, 6) is -0.0950. The smallest absolute Gasteiger partial charge is 0.314 e. The number of nitrogens with one attached hydrogen (secondary N) is 3. The van der Waals surface area contributed by atoms with Crippen molar-refractivity contribution in [3.05, 3.63) is 38.9 Å². The lowest BCUT2D eigenvalue weighted by molar-refractivity contribution is -0.129. The Bertz CT molecular complexity index is 811. The zero-order valence-corrected chi connectivity index (χ0v) is 11.4. The zero-order chi connectivity index (χ0) is 15.0. The average Bonchev–Trinajstić information content (AvgIpc) is 2.40. The predicted octanol–water partition coefficient (Wildman–Crippen LogP) is 0.284. The van der Waals surface area contributed by atoms with Gasteiger partial charge in [0.05, 0.1) is 16.4 Å². The summed E-state index contributed by atoms with van der Waals surface area (Å²) in [6.07, 6.45) is 2.61. The molecule has 0 spiro atoms. The van der Waals surface area contributed by atoms with Gasteiger partial charge in [0.2, 0.25) is 5.91 Å². The van der Waals surface area contributed by atoms with E-state index in [4.69, 9.17) is 5.73 Å². The van der Waals surface area contributed by atoms with Crippen molar-refractivity contribution in [2.45, 2.75) is 19.3 Å². The van der Waals surface area contributed by atoms with Crippen molar-refractivity contribution in [1.29, 1.82) is 0 Å². The van der Waals surface area contributed by atoms with Gasteiger partial charge < -0.3 is 21.0 Å². The van der Waals surface area contributed by atoms with Crippen LogP contribution in [0.5, 0.6) is 0 Å². The van der Waals surface area contributed by atoms with E-state index in [-0.39, 0.29) is 5.91 Å². The van der Waals surface area contributed by atoms with Crippen molar-refractivity contribution in [2.24, 2.45) is 11.1 Å². The Labute approximate surface area is 119 Å². The number of nitrogens with two attached hydrogens (primary N) is 1. The number of aromatic amines is 2. The highest BCUT2D eigenvalue weighted by atomic mass is 16.2. The number of hydrogen-bond donors (Lipinski definition) is 4. The highest BCUT2D eigenvalue weighted by molar-refractivity contribution is 5.97. The second-order valence-corrected chi connectivity index (χ2v) is 5.46. The van der Waals surface area contributed by atoms with E-state index < -0.39 is 16.5 Å². The van der Waals surface area contributed by atoms with Crippen LogP contribution in [-0.4, -0.2) is 22.4 Å². The van der Waals surface area contributed by atoms with Crippen LogP contribution in [0.25, 0.3) is 11.0 Å². The van der Waals surface area contributed by atoms with E-state index in [1.54, 1.807) is 18.2 Å². The van der Waals surface area contributed by atoms with Crippen LogP contribution in [0, 0.1) is 5.41 Å². The number of aromatic nitrogens is 2. The summed E-state index contributed by atoms with van der Waals surface area (Å²) in [5, 5.41) is 2.83. The Balaban J connectivity index is 1.91. The maximum atomic E-state index is 12.3. The molecular formula is C14H16N4O3. The number of rotatable bonds is 3. The van der Waals surface area contributed by atoms with E-state index in [2.05, 4.69) is 15.3 Å². The van der Waals surface area contributed by atoms with Gasteiger partial charge in [-0.25, -0.2) is 0 Å². The number of fused-ring (bicyclic) bond motifs is 1. The number of hydrogen-bond acceptors (Lipinski definition) is 4. The largest absolute Gasteiger partial charge is 0.329 e. The topological polar surface area (TPSA) is 121 Å². The first-order valence-electron chi connectivity index (χ1n) is 6.82. The fraction of sp³-hybridized carbons (Fsp3) is 0.357. The lowest BCUT2D eigenvalue weighted by atomic mass is 9.68. The quantitative estimate of drug-likeness (QED) is 0.606. The Kier molecular flexibility index (Phi) is 3.13. The summed E-state index contributed by atoms with van der Waals surface area (Å²) in [5.41, 5.74) is 5.36. The number of benzene rings is 1. The molecule has 3 rings (SSSR count). The van der Waals surface area contributed by atoms with Gasteiger partial charge in [0, 0.05) is 12.2 Å². The van der Waals surface area contributed by atoms with Crippen LogP contribution in [0.3, 0.4) is 0 Å². The summed E-state index contributed by atoms with van der Waals surface area (Å²) in [6, 6.07) is 4.93. The Hall–Kier alpha value is -2.41. The molecule has 1 aliphatic rings. The second-order valence-electron chi connectivity index (χ2n) is 5.46. The molecular weight excluding hydrogens is 272 g/mol. The van der Waals surface area contributed by atoms with Crippen LogP contribution < -0.4 is 22.2 Å². The summed E-state index contributed by atoms with van der Waals surface area (Å²) in [4.78, 5) is 39.8. The number of anilines is 1. The van der Waals surface area contributed by atoms with Gasteiger partial charge in [-0.3, -0.25) is 14.4 Å². The van der Waals surface area contributed by atoms with Gasteiger partial charge in [0.1, 0.15) is 0 Å². The highest BCUT2D eigenvalue weighted by Gasteiger charge is 2.42. The molecule has 7 nitrogen and oxygen atoms in total. The van der Waals surface area contributed by atoms with E-state index in [0.29, 0.717) is 23.3 Å². The molecule has 5 N–H and O–H groups in total. The van der Waals surface area contributed by atoms with Gasteiger partial charge >= 0.3 is 11.1 Å². The van der Waals surface area contributed by atoms with Crippen LogP contribution >= 0.6 is 0 Å². The first kappa shape index (κ1) is 13.6. The van der Waals surface area contributed by atoms with E-state index in [0.717, 1.165) is 19.3 Å². The molecule has 0 radical (unpaired) electrons. The molecule has 0 atom stereocenters. The molecule has 1 saturated carbocycles. The van der Waals surface area contributed by atoms with Crippen molar-refractivity contribution in [3.8, 4) is 0 Å².